The minimum absolute atomic E-state index is 0.0287. The maximum absolute atomic E-state index is 12.0. The van der Waals surface area contributed by atoms with Gasteiger partial charge >= 0.3 is 6.03 Å². The molecule has 1 aliphatic rings. The first-order valence-corrected chi connectivity index (χ1v) is 6.30. The third-order valence-corrected chi connectivity index (χ3v) is 3.13. The zero-order chi connectivity index (χ0) is 13.1. The molecule has 0 bridgehead atoms. The lowest BCUT2D eigenvalue weighted by molar-refractivity contribution is 0.101. The van der Waals surface area contributed by atoms with Crippen LogP contribution in [0.3, 0.4) is 0 Å². The minimum Gasteiger partial charge on any atom is -0.322 e. The molecule has 1 aromatic rings. The number of anilines is 1. The highest BCUT2D eigenvalue weighted by Crippen LogP contribution is 2.27. The summed E-state index contributed by atoms with van der Waals surface area (Å²) in [6.45, 7) is 4.23. The Morgan fingerprint density at radius 2 is 1.89 bits per heavy atom. The van der Waals surface area contributed by atoms with Crippen LogP contribution in [0.1, 0.15) is 37.0 Å². The van der Waals surface area contributed by atoms with Gasteiger partial charge < -0.3 is 10.2 Å². The molecule has 18 heavy (non-hydrogen) atoms. The van der Waals surface area contributed by atoms with E-state index in [1.54, 1.807) is 24.3 Å². The number of ketones is 1. The van der Waals surface area contributed by atoms with Crippen LogP contribution < -0.4 is 5.32 Å². The highest BCUT2D eigenvalue weighted by molar-refractivity contribution is 5.95. The van der Waals surface area contributed by atoms with Crippen molar-refractivity contribution >= 4 is 17.5 Å². The number of nitrogens with one attached hydrogen (secondary N) is 1. The number of hydrogen-bond donors (Lipinski definition) is 1. The lowest BCUT2D eigenvalue weighted by Gasteiger charge is -2.20. The molecule has 0 unspecified atom stereocenters. The molecule has 1 saturated carbocycles. The van der Waals surface area contributed by atoms with Crippen molar-refractivity contribution in [2.75, 3.05) is 11.9 Å². The van der Waals surface area contributed by atoms with Crippen molar-refractivity contribution in [2.45, 2.75) is 32.7 Å². The summed E-state index contributed by atoms with van der Waals surface area (Å²) < 4.78 is 0. The number of benzene rings is 1. The van der Waals surface area contributed by atoms with Crippen LogP contribution in [0.4, 0.5) is 10.5 Å². The van der Waals surface area contributed by atoms with Gasteiger partial charge in [0, 0.05) is 23.8 Å². The lowest BCUT2D eigenvalue weighted by Crippen LogP contribution is -2.36. The summed E-state index contributed by atoms with van der Waals surface area (Å²) in [6.07, 6.45) is 2.20. The number of nitrogens with zero attached hydrogens (tertiary/aromatic N) is 1. The standard InChI is InChI=1S/C14H18N2O2/c1-3-16(13-8-9-13)14(18)15-12-6-4-11(5-7-12)10(2)17/h4-7,13H,3,8-9H2,1-2H3,(H,15,18). The first kappa shape index (κ1) is 12.6. The Hall–Kier alpha value is -1.84. The van der Waals surface area contributed by atoms with Gasteiger partial charge in [-0.3, -0.25) is 4.79 Å². The molecule has 0 spiro atoms. The second-order valence-corrected chi connectivity index (χ2v) is 4.58. The van der Waals surface area contributed by atoms with Gasteiger partial charge in [0.2, 0.25) is 0 Å². The summed E-state index contributed by atoms with van der Waals surface area (Å²) in [4.78, 5) is 25.0. The Kier molecular flexibility index (Phi) is 3.65. The van der Waals surface area contributed by atoms with Crippen LogP contribution in [0.2, 0.25) is 0 Å². The van der Waals surface area contributed by atoms with Crippen molar-refractivity contribution in [3.63, 3.8) is 0 Å². The molecular formula is C14H18N2O2. The van der Waals surface area contributed by atoms with Gasteiger partial charge in [0.15, 0.2) is 5.78 Å². The summed E-state index contributed by atoms with van der Waals surface area (Å²) >= 11 is 0. The highest BCUT2D eigenvalue weighted by atomic mass is 16.2. The van der Waals surface area contributed by atoms with E-state index in [0.717, 1.165) is 25.1 Å². The largest absolute Gasteiger partial charge is 0.322 e. The van der Waals surface area contributed by atoms with E-state index in [-0.39, 0.29) is 11.8 Å². The van der Waals surface area contributed by atoms with Gasteiger partial charge in [0.05, 0.1) is 0 Å². The van der Waals surface area contributed by atoms with Crippen LogP contribution in [0.15, 0.2) is 24.3 Å². The monoisotopic (exact) mass is 246 g/mol. The van der Waals surface area contributed by atoms with E-state index in [2.05, 4.69) is 5.32 Å². The first-order chi connectivity index (χ1) is 8.61. The number of carbonyl (C=O) groups excluding carboxylic acids is 2. The molecule has 1 aromatic carbocycles. The smallest absolute Gasteiger partial charge is 0.322 e. The molecule has 1 fully saturated rings. The number of rotatable bonds is 4. The molecule has 0 radical (unpaired) electrons. The zero-order valence-corrected chi connectivity index (χ0v) is 10.8. The van der Waals surface area contributed by atoms with Gasteiger partial charge in [0.1, 0.15) is 0 Å². The molecule has 1 N–H and O–H groups in total. The fraction of sp³-hybridized carbons (Fsp3) is 0.429. The summed E-state index contributed by atoms with van der Waals surface area (Å²) in [7, 11) is 0. The van der Waals surface area contributed by atoms with Gasteiger partial charge in [-0.15, -0.1) is 0 Å². The van der Waals surface area contributed by atoms with Gasteiger partial charge in [0.25, 0.3) is 0 Å². The molecule has 0 saturated heterocycles. The predicted octanol–water partition coefficient (Wildman–Crippen LogP) is 2.91. The molecule has 96 valence electrons. The Labute approximate surface area is 107 Å². The van der Waals surface area contributed by atoms with Crippen molar-refractivity contribution < 1.29 is 9.59 Å². The average molecular weight is 246 g/mol. The third-order valence-electron chi connectivity index (χ3n) is 3.13. The molecule has 4 heteroatoms. The summed E-state index contributed by atoms with van der Waals surface area (Å²) in [5.74, 6) is 0.0287. The molecule has 0 aliphatic heterocycles. The van der Waals surface area contributed by atoms with Crippen molar-refractivity contribution in [1.29, 1.82) is 0 Å². The van der Waals surface area contributed by atoms with Crippen LogP contribution in [0.25, 0.3) is 0 Å². The quantitative estimate of drug-likeness (QED) is 0.830. The summed E-state index contributed by atoms with van der Waals surface area (Å²) in [5, 5.41) is 2.86. The van der Waals surface area contributed by atoms with Crippen molar-refractivity contribution in [3.8, 4) is 0 Å². The third kappa shape index (κ3) is 2.88. The second-order valence-electron chi connectivity index (χ2n) is 4.58. The topological polar surface area (TPSA) is 49.4 Å². The van der Waals surface area contributed by atoms with Crippen LogP contribution in [-0.2, 0) is 0 Å². The summed E-state index contributed by atoms with van der Waals surface area (Å²) in [6, 6.07) is 7.32. The van der Waals surface area contributed by atoms with E-state index in [1.165, 1.54) is 6.92 Å². The normalized spacial score (nSPS) is 14.1. The fourth-order valence-corrected chi connectivity index (χ4v) is 1.94. The SMILES string of the molecule is CCN(C(=O)Nc1ccc(C(C)=O)cc1)C1CC1. The number of carbonyl (C=O) groups is 2. The van der Waals surface area contributed by atoms with Crippen molar-refractivity contribution in [1.82, 2.24) is 4.90 Å². The average Bonchev–Trinajstić information content (AvgIpc) is 3.15. The zero-order valence-electron chi connectivity index (χ0n) is 10.8. The molecule has 0 atom stereocenters. The van der Waals surface area contributed by atoms with Gasteiger partial charge in [-0.25, -0.2) is 4.79 Å². The van der Waals surface area contributed by atoms with Gasteiger partial charge in [-0.2, -0.15) is 0 Å². The lowest BCUT2D eigenvalue weighted by atomic mass is 10.1. The van der Waals surface area contributed by atoms with E-state index in [4.69, 9.17) is 0 Å². The molecular weight excluding hydrogens is 228 g/mol. The van der Waals surface area contributed by atoms with E-state index in [9.17, 15) is 9.59 Å². The number of Topliss-reactive ketones (excluding diaryl/α,β-unsaturated/α-hetero) is 1. The first-order valence-electron chi connectivity index (χ1n) is 6.30. The Morgan fingerprint density at radius 3 is 2.33 bits per heavy atom. The van der Waals surface area contributed by atoms with Crippen LogP contribution in [-0.4, -0.2) is 29.3 Å². The van der Waals surface area contributed by atoms with Gasteiger partial charge in [-0.1, -0.05) is 0 Å². The summed E-state index contributed by atoms with van der Waals surface area (Å²) in [5.41, 5.74) is 1.38. The maximum Gasteiger partial charge on any atom is 0.322 e. The molecule has 4 nitrogen and oxygen atoms in total. The van der Waals surface area contributed by atoms with Crippen LogP contribution in [0.5, 0.6) is 0 Å². The molecule has 0 heterocycles. The van der Waals surface area contributed by atoms with E-state index in [0.29, 0.717) is 11.6 Å². The van der Waals surface area contributed by atoms with Crippen molar-refractivity contribution in [2.24, 2.45) is 0 Å². The number of amides is 2. The van der Waals surface area contributed by atoms with Gasteiger partial charge in [-0.05, 0) is 51.0 Å². The van der Waals surface area contributed by atoms with E-state index >= 15 is 0 Å². The predicted molar refractivity (Wildman–Crippen MR) is 70.9 cm³/mol. The number of urea groups is 1. The van der Waals surface area contributed by atoms with E-state index in [1.807, 2.05) is 11.8 Å². The van der Waals surface area contributed by atoms with Crippen LogP contribution >= 0.6 is 0 Å². The van der Waals surface area contributed by atoms with Crippen molar-refractivity contribution in [3.05, 3.63) is 29.8 Å². The Balaban J connectivity index is 2.00. The Bertz CT molecular complexity index is 449. The fourth-order valence-electron chi connectivity index (χ4n) is 1.94. The number of hydrogen-bond acceptors (Lipinski definition) is 2. The molecule has 2 amide bonds. The molecule has 0 aromatic heterocycles. The Morgan fingerprint density at radius 1 is 1.28 bits per heavy atom. The minimum atomic E-state index is -0.0597. The van der Waals surface area contributed by atoms with Crippen LogP contribution in [0, 0.1) is 0 Å². The molecule has 1 aliphatic carbocycles. The maximum atomic E-state index is 12.0. The van der Waals surface area contributed by atoms with E-state index < -0.39 is 0 Å². The molecule has 2 rings (SSSR count). The highest BCUT2D eigenvalue weighted by Gasteiger charge is 2.31. The second kappa shape index (κ2) is 5.21.